The largest absolute Gasteiger partial charge is 0.345 e. The molecule has 0 bridgehead atoms. The first-order valence-corrected chi connectivity index (χ1v) is 6.15. The molecule has 3 nitrogen and oxygen atoms in total. The minimum atomic E-state index is -0.171. The molecular formula is C13H19ClN2O. The standard InChI is InChI=1S/C13H19ClN2O/c1-4-16(3)13(17)10(2)15-9-11-5-7-12(14)8-6-11/h5-8,10,15H,4,9H2,1-3H3. The topological polar surface area (TPSA) is 32.3 Å². The Morgan fingerprint density at radius 3 is 2.53 bits per heavy atom. The van der Waals surface area contributed by atoms with E-state index in [4.69, 9.17) is 11.6 Å². The third-order valence-corrected chi connectivity index (χ3v) is 3.00. The number of halogens is 1. The molecule has 0 aromatic heterocycles. The molecule has 0 radical (unpaired) electrons. The maximum Gasteiger partial charge on any atom is 0.239 e. The monoisotopic (exact) mass is 254 g/mol. The second-order valence-electron chi connectivity index (χ2n) is 4.08. The van der Waals surface area contributed by atoms with Crippen LogP contribution < -0.4 is 5.32 Å². The number of likely N-dealkylation sites (N-methyl/N-ethyl adjacent to an activating group) is 1. The van der Waals surface area contributed by atoms with Gasteiger partial charge in [0.05, 0.1) is 6.04 Å². The van der Waals surface area contributed by atoms with Crippen LogP contribution in [0.2, 0.25) is 5.02 Å². The normalized spacial score (nSPS) is 12.2. The second-order valence-corrected chi connectivity index (χ2v) is 4.52. The van der Waals surface area contributed by atoms with Crippen molar-refractivity contribution >= 4 is 17.5 Å². The zero-order valence-corrected chi connectivity index (χ0v) is 11.3. The van der Waals surface area contributed by atoms with Crippen molar-refractivity contribution in [1.82, 2.24) is 10.2 Å². The molecular weight excluding hydrogens is 236 g/mol. The van der Waals surface area contributed by atoms with Crippen LogP contribution in [-0.2, 0) is 11.3 Å². The van der Waals surface area contributed by atoms with Gasteiger partial charge in [0.25, 0.3) is 0 Å². The molecule has 1 rings (SSSR count). The van der Waals surface area contributed by atoms with E-state index in [2.05, 4.69) is 5.32 Å². The zero-order chi connectivity index (χ0) is 12.8. The van der Waals surface area contributed by atoms with Crippen molar-refractivity contribution in [3.8, 4) is 0 Å². The van der Waals surface area contributed by atoms with Gasteiger partial charge in [-0.25, -0.2) is 0 Å². The van der Waals surface area contributed by atoms with E-state index in [1.807, 2.05) is 45.2 Å². The van der Waals surface area contributed by atoms with Crippen LogP contribution in [-0.4, -0.2) is 30.4 Å². The van der Waals surface area contributed by atoms with Crippen LogP contribution in [0.5, 0.6) is 0 Å². The third-order valence-electron chi connectivity index (χ3n) is 2.75. The van der Waals surface area contributed by atoms with E-state index in [1.165, 1.54) is 0 Å². The molecule has 94 valence electrons. The minimum absolute atomic E-state index is 0.112. The lowest BCUT2D eigenvalue weighted by Gasteiger charge is -2.20. The fraction of sp³-hybridized carbons (Fsp3) is 0.462. The number of rotatable bonds is 5. The molecule has 0 fully saturated rings. The van der Waals surface area contributed by atoms with E-state index in [-0.39, 0.29) is 11.9 Å². The van der Waals surface area contributed by atoms with Gasteiger partial charge >= 0.3 is 0 Å². The lowest BCUT2D eigenvalue weighted by molar-refractivity contribution is -0.131. The molecule has 0 saturated heterocycles. The minimum Gasteiger partial charge on any atom is -0.345 e. The highest BCUT2D eigenvalue weighted by molar-refractivity contribution is 6.30. The average molecular weight is 255 g/mol. The molecule has 0 spiro atoms. The van der Waals surface area contributed by atoms with Crippen molar-refractivity contribution in [1.29, 1.82) is 0 Å². The number of nitrogens with one attached hydrogen (secondary N) is 1. The summed E-state index contributed by atoms with van der Waals surface area (Å²) in [7, 11) is 1.81. The summed E-state index contributed by atoms with van der Waals surface area (Å²) < 4.78 is 0. The molecule has 1 unspecified atom stereocenters. The summed E-state index contributed by atoms with van der Waals surface area (Å²) in [5, 5.41) is 3.92. The first-order chi connectivity index (χ1) is 8.04. The molecule has 0 aliphatic heterocycles. The smallest absolute Gasteiger partial charge is 0.239 e. The van der Waals surface area contributed by atoms with Crippen LogP contribution in [0.25, 0.3) is 0 Å². The van der Waals surface area contributed by atoms with Crippen LogP contribution in [0.3, 0.4) is 0 Å². The number of amides is 1. The molecule has 0 aliphatic carbocycles. The van der Waals surface area contributed by atoms with Gasteiger partial charge in [-0.05, 0) is 31.5 Å². The lowest BCUT2D eigenvalue weighted by atomic mass is 10.2. The average Bonchev–Trinajstić information content (AvgIpc) is 2.35. The van der Waals surface area contributed by atoms with Gasteiger partial charge in [0.1, 0.15) is 0 Å². The lowest BCUT2D eigenvalue weighted by Crippen LogP contribution is -2.42. The molecule has 1 atom stereocenters. The van der Waals surface area contributed by atoms with E-state index in [0.29, 0.717) is 6.54 Å². The van der Waals surface area contributed by atoms with Crippen LogP contribution in [0.4, 0.5) is 0 Å². The van der Waals surface area contributed by atoms with Gasteiger partial charge in [0, 0.05) is 25.2 Å². The first-order valence-electron chi connectivity index (χ1n) is 5.77. The van der Waals surface area contributed by atoms with Crippen molar-refractivity contribution in [3.05, 3.63) is 34.9 Å². The number of hydrogen-bond acceptors (Lipinski definition) is 2. The Hall–Kier alpha value is -1.06. The fourth-order valence-corrected chi connectivity index (χ4v) is 1.57. The van der Waals surface area contributed by atoms with Crippen LogP contribution in [0.1, 0.15) is 19.4 Å². The number of hydrogen-bond donors (Lipinski definition) is 1. The summed E-state index contributed by atoms with van der Waals surface area (Å²) in [6.07, 6.45) is 0. The summed E-state index contributed by atoms with van der Waals surface area (Å²) in [5.74, 6) is 0.112. The van der Waals surface area contributed by atoms with Crippen LogP contribution >= 0.6 is 11.6 Å². The Morgan fingerprint density at radius 2 is 2.00 bits per heavy atom. The predicted octanol–water partition coefficient (Wildman–Crippen LogP) is 2.30. The Labute approximate surface area is 108 Å². The van der Waals surface area contributed by atoms with Crippen molar-refractivity contribution in [2.45, 2.75) is 26.4 Å². The number of carbonyl (C=O) groups excluding carboxylic acids is 1. The molecule has 4 heteroatoms. The highest BCUT2D eigenvalue weighted by Crippen LogP contribution is 2.09. The number of carbonyl (C=O) groups is 1. The second kappa shape index (κ2) is 6.62. The van der Waals surface area contributed by atoms with Crippen LogP contribution in [0, 0.1) is 0 Å². The molecule has 1 aromatic carbocycles. The van der Waals surface area contributed by atoms with Gasteiger partial charge in [0.15, 0.2) is 0 Å². The Morgan fingerprint density at radius 1 is 1.41 bits per heavy atom. The van der Waals surface area contributed by atoms with E-state index < -0.39 is 0 Å². The van der Waals surface area contributed by atoms with Gasteiger partial charge in [-0.1, -0.05) is 23.7 Å². The Kier molecular flexibility index (Phi) is 5.45. The SMILES string of the molecule is CCN(C)C(=O)C(C)NCc1ccc(Cl)cc1. The highest BCUT2D eigenvalue weighted by Gasteiger charge is 2.15. The van der Waals surface area contributed by atoms with E-state index in [1.54, 1.807) is 4.90 Å². The van der Waals surface area contributed by atoms with Crippen molar-refractivity contribution < 1.29 is 4.79 Å². The van der Waals surface area contributed by atoms with Crippen molar-refractivity contribution in [3.63, 3.8) is 0 Å². The molecule has 1 aromatic rings. The summed E-state index contributed by atoms with van der Waals surface area (Å²) in [4.78, 5) is 13.5. The molecule has 0 heterocycles. The van der Waals surface area contributed by atoms with Crippen LogP contribution in [0.15, 0.2) is 24.3 Å². The molecule has 1 amide bonds. The van der Waals surface area contributed by atoms with Gasteiger partial charge < -0.3 is 10.2 Å². The molecule has 17 heavy (non-hydrogen) atoms. The van der Waals surface area contributed by atoms with Crippen molar-refractivity contribution in [2.24, 2.45) is 0 Å². The third kappa shape index (κ3) is 4.36. The summed E-state index contributed by atoms with van der Waals surface area (Å²) >= 11 is 5.80. The van der Waals surface area contributed by atoms with Gasteiger partial charge in [0.2, 0.25) is 5.91 Å². The molecule has 0 aliphatic rings. The Balaban J connectivity index is 2.45. The predicted molar refractivity (Wildman–Crippen MR) is 71.1 cm³/mol. The van der Waals surface area contributed by atoms with E-state index in [0.717, 1.165) is 17.1 Å². The Bertz CT molecular complexity index is 364. The van der Waals surface area contributed by atoms with E-state index >= 15 is 0 Å². The maximum absolute atomic E-state index is 11.8. The number of benzene rings is 1. The first kappa shape index (κ1) is 14.0. The molecule has 0 saturated carbocycles. The summed E-state index contributed by atoms with van der Waals surface area (Å²) in [6, 6.07) is 7.44. The van der Waals surface area contributed by atoms with Gasteiger partial charge in [-0.15, -0.1) is 0 Å². The maximum atomic E-state index is 11.8. The van der Waals surface area contributed by atoms with E-state index in [9.17, 15) is 4.79 Å². The zero-order valence-electron chi connectivity index (χ0n) is 10.5. The highest BCUT2D eigenvalue weighted by atomic mass is 35.5. The molecule has 1 N–H and O–H groups in total. The van der Waals surface area contributed by atoms with Crippen molar-refractivity contribution in [2.75, 3.05) is 13.6 Å². The fourth-order valence-electron chi connectivity index (χ4n) is 1.45. The summed E-state index contributed by atoms with van der Waals surface area (Å²) in [6.45, 7) is 5.24. The quantitative estimate of drug-likeness (QED) is 0.875. The van der Waals surface area contributed by atoms with Gasteiger partial charge in [-0.2, -0.15) is 0 Å². The number of nitrogens with zero attached hydrogens (tertiary/aromatic N) is 1. The summed E-state index contributed by atoms with van der Waals surface area (Å²) in [5.41, 5.74) is 1.12. The van der Waals surface area contributed by atoms with Gasteiger partial charge in [-0.3, -0.25) is 4.79 Å².